The molecule has 2 heterocycles. The van der Waals surface area contributed by atoms with Crippen LogP contribution in [0.3, 0.4) is 0 Å². The van der Waals surface area contributed by atoms with Gasteiger partial charge < -0.3 is 15.4 Å². The van der Waals surface area contributed by atoms with Crippen LogP contribution in [-0.2, 0) is 9.53 Å². The van der Waals surface area contributed by atoms with Crippen LogP contribution in [0.5, 0.6) is 0 Å². The van der Waals surface area contributed by atoms with E-state index in [9.17, 15) is 22.8 Å². The molecule has 3 amide bonds. The van der Waals surface area contributed by atoms with Crippen LogP contribution in [0.15, 0.2) is 0 Å². The summed E-state index contributed by atoms with van der Waals surface area (Å²) in [5.41, 5.74) is -0.887. The molecular formula is C12H18F3N3O3. The Morgan fingerprint density at radius 1 is 1.33 bits per heavy atom. The number of ether oxygens (including phenoxy) is 1. The molecule has 0 saturated carbocycles. The Hall–Kier alpha value is -1.35. The number of hydrogen-bond acceptors (Lipinski definition) is 4. The van der Waals surface area contributed by atoms with E-state index >= 15 is 0 Å². The molecule has 1 atom stereocenters. The smallest absolute Gasteiger partial charge is 0.372 e. The van der Waals surface area contributed by atoms with E-state index in [2.05, 4.69) is 15.4 Å². The van der Waals surface area contributed by atoms with E-state index in [1.807, 2.05) is 0 Å². The molecule has 2 aliphatic heterocycles. The molecule has 0 radical (unpaired) electrons. The highest BCUT2D eigenvalue weighted by atomic mass is 19.4. The van der Waals surface area contributed by atoms with Crippen molar-refractivity contribution in [3.63, 3.8) is 0 Å². The van der Waals surface area contributed by atoms with Crippen LogP contribution in [-0.4, -0.2) is 61.4 Å². The van der Waals surface area contributed by atoms with E-state index in [-0.39, 0.29) is 25.5 Å². The molecule has 2 N–H and O–H groups in total. The molecule has 2 saturated heterocycles. The number of alkyl halides is 3. The lowest BCUT2D eigenvalue weighted by atomic mass is 9.90. The Balaban J connectivity index is 1.78. The molecule has 9 heteroatoms. The molecular weight excluding hydrogens is 291 g/mol. The Morgan fingerprint density at radius 2 is 2.10 bits per heavy atom. The summed E-state index contributed by atoms with van der Waals surface area (Å²) in [4.78, 5) is 25.2. The summed E-state index contributed by atoms with van der Waals surface area (Å²) < 4.78 is 40.1. The number of nitrogens with zero attached hydrogens (tertiary/aromatic N) is 1. The van der Waals surface area contributed by atoms with Gasteiger partial charge in [0.2, 0.25) is 0 Å². The Kier molecular flexibility index (Phi) is 4.72. The fourth-order valence-electron chi connectivity index (χ4n) is 2.59. The van der Waals surface area contributed by atoms with Crippen LogP contribution in [0, 0.1) is 0 Å². The van der Waals surface area contributed by atoms with Crippen LogP contribution >= 0.6 is 0 Å². The molecule has 1 unspecified atom stereocenters. The first-order chi connectivity index (χ1) is 9.84. The number of carbonyl (C=O) groups excluding carboxylic acids is 2. The van der Waals surface area contributed by atoms with Crippen molar-refractivity contribution in [1.82, 2.24) is 15.5 Å². The normalized spacial score (nSPS) is 26.5. The highest BCUT2D eigenvalue weighted by Crippen LogP contribution is 2.25. The van der Waals surface area contributed by atoms with Crippen molar-refractivity contribution in [1.29, 1.82) is 0 Å². The predicted octanol–water partition coefficient (Wildman–Crippen LogP) is 0.629. The maximum atomic E-state index is 12.3. The zero-order valence-electron chi connectivity index (χ0n) is 11.5. The van der Waals surface area contributed by atoms with Gasteiger partial charge in [-0.1, -0.05) is 0 Å². The van der Waals surface area contributed by atoms with Gasteiger partial charge in [-0.15, -0.1) is 0 Å². The number of imide groups is 1. The van der Waals surface area contributed by atoms with Crippen LogP contribution < -0.4 is 10.6 Å². The third kappa shape index (κ3) is 3.85. The number of urea groups is 1. The average molecular weight is 309 g/mol. The van der Waals surface area contributed by atoms with E-state index in [1.165, 1.54) is 0 Å². The van der Waals surface area contributed by atoms with E-state index in [4.69, 9.17) is 0 Å². The maximum Gasteiger partial charge on any atom is 0.411 e. The van der Waals surface area contributed by atoms with Gasteiger partial charge in [0.15, 0.2) is 0 Å². The number of piperidine rings is 1. The summed E-state index contributed by atoms with van der Waals surface area (Å²) in [6.45, 7) is -0.220. The summed E-state index contributed by atoms with van der Waals surface area (Å²) in [5, 5.41) is 5.76. The molecule has 2 rings (SSSR count). The first-order valence-electron chi connectivity index (χ1n) is 6.83. The van der Waals surface area contributed by atoms with Gasteiger partial charge >= 0.3 is 12.2 Å². The molecule has 0 aromatic rings. The molecule has 120 valence electrons. The average Bonchev–Trinajstić information content (AvgIpc) is 2.62. The number of halogens is 3. The quantitative estimate of drug-likeness (QED) is 0.577. The van der Waals surface area contributed by atoms with E-state index in [1.54, 1.807) is 0 Å². The molecule has 0 aromatic heterocycles. The summed E-state index contributed by atoms with van der Waals surface area (Å²) >= 11 is 0. The third-order valence-corrected chi connectivity index (χ3v) is 3.57. The number of rotatable bonds is 5. The van der Waals surface area contributed by atoms with Crippen molar-refractivity contribution in [2.45, 2.75) is 31.0 Å². The van der Waals surface area contributed by atoms with Crippen molar-refractivity contribution in [3.05, 3.63) is 0 Å². The first kappa shape index (κ1) is 16.0. The van der Waals surface area contributed by atoms with Gasteiger partial charge in [-0.3, -0.25) is 9.69 Å². The topological polar surface area (TPSA) is 70.7 Å². The number of hydrogen-bond donors (Lipinski definition) is 2. The van der Waals surface area contributed by atoms with Crippen molar-refractivity contribution in [2.75, 3.05) is 32.8 Å². The molecule has 0 bridgehead atoms. The summed E-state index contributed by atoms with van der Waals surface area (Å²) in [5.74, 6) is -0.310. The molecule has 1 spiro atoms. The van der Waals surface area contributed by atoms with Gasteiger partial charge in [-0.05, 0) is 25.8 Å². The van der Waals surface area contributed by atoms with Gasteiger partial charge in [-0.2, -0.15) is 13.2 Å². The van der Waals surface area contributed by atoms with Gasteiger partial charge in [0.25, 0.3) is 5.91 Å². The fraction of sp³-hybridized carbons (Fsp3) is 0.833. The lowest BCUT2D eigenvalue weighted by Gasteiger charge is -2.31. The molecule has 0 aliphatic carbocycles. The monoisotopic (exact) mass is 309 g/mol. The first-order valence-corrected chi connectivity index (χ1v) is 6.83. The van der Waals surface area contributed by atoms with Gasteiger partial charge in [0, 0.05) is 19.7 Å². The van der Waals surface area contributed by atoms with Crippen molar-refractivity contribution < 1.29 is 27.5 Å². The van der Waals surface area contributed by atoms with E-state index in [0.29, 0.717) is 13.0 Å². The summed E-state index contributed by atoms with van der Waals surface area (Å²) in [7, 11) is 0. The van der Waals surface area contributed by atoms with Gasteiger partial charge in [0.1, 0.15) is 12.1 Å². The van der Waals surface area contributed by atoms with Crippen molar-refractivity contribution >= 4 is 11.9 Å². The number of carbonyl (C=O) groups is 2. The van der Waals surface area contributed by atoms with Crippen molar-refractivity contribution in [3.8, 4) is 0 Å². The Morgan fingerprint density at radius 3 is 2.71 bits per heavy atom. The van der Waals surface area contributed by atoms with Crippen LogP contribution in [0.1, 0.15) is 19.3 Å². The number of nitrogens with one attached hydrogen (secondary N) is 2. The molecule has 2 aliphatic rings. The lowest BCUT2D eigenvalue weighted by molar-refractivity contribution is -0.174. The third-order valence-electron chi connectivity index (χ3n) is 3.57. The minimum atomic E-state index is -4.36. The van der Waals surface area contributed by atoms with Gasteiger partial charge in [-0.25, -0.2) is 4.79 Å². The minimum Gasteiger partial charge on any atom is -0.372 e. The van der Waals surface area contributed by atoms with Crippen LogP contribution in [0.4, 0.5) is 18.0 Å². The largest absolute Gasteiger partial charge is 0.411 e. The highest BCUT2D eigenvalue weighted by Gasteiger charge is 2.51. The molecule has 21 heavy (non-hydrogen) atoms. The maximum absolute atomic E-state index is 12.3. The van der Waals surface area contributed by atoms with E-state index in [0.717, 1.165) is 17.9 Å². The Labute approximate surface area is 120 Å². The zero-order valence-corrected chi connectivity index (χ0v) is 11.5. The predicted molar refractivity (Wildman–Crippen MR) is 66.6 cm³/mol. The molecule has 0 aromatic carbocycles. The lowest BCUT2D eigenvalue weighted by Crippen LogP contribution is -2.57. The second-order valence-corrected chi connectivity index (χ2v) is 5.27. The van der Waals surface area contributed by atoms with Crippen LogP contribution in [0.2, 0.25) is 0 Å². The fourth-order valence-corrected chi connectivity index (χ4v) is 2.59. The molecule has 2 fully saturated rings. The van der Waals surface area contributed by atoms with Crippen LogP contribution in [0.25, 0.3) is 0 Å². The highest BCUT2D eigenvalue weighted by molar-refractivity contribution is 6.07. The summed E-state index contributed by atoms with van der Waals surface area (Å²) in [6, 6.07) is -0.487. The second kappa shape index (κ2) is 6.18. The van der Waals surface area contributed by atoms with Crippen molar-refractivity contribution in [2.24, 2.45) is 0 Å². The van der Waals surface area contributed by atoms with E-state index < -0.39 is 24.4 Å². The minimum absolute atomic E-state index is 0.0598. The standard InChI is InChI=1S/C12H18F3N3O3/c13-12(14,15)8-21-6-2-5-18-9(19)11(17-10(18)20)3-1-4-16-7-11/h16H,1-8H2,(H,17,20). The Bertz CT molecular complexity index is 408. The zero-order chi connectivity index (χ0) is 15.5. The molecule has 6 nitrogen and oxygen atoms in total. The second-order valence-electron chi connectivity index (χ2n) is 5.27. The number of amides is 3. The van der Waals surface area contributed by atoms with Gasteiger partial charge in [0.05, 0.1) is 0 Å². The SMILES string of the molecule is O=C1NC2(CCCNC2)C(=O)N1CCCOCC(F)(F)F. The summed E-state index contributed by atoms with van der Waals surface area (Å²) in [6.07, 6.45) is -2.82.